The molecule has 28 heavy (non-hydrogen) atoms. The van der Waals surface area contributed by atoms with Crippen LogP contribution < -0.4 is 11.2 Å². The van der Waals surface area contributed by atoms with Gasteiger partial charge in [-0.15, -0.1) is 11.8 Å². The van der Waals surface area contributed by atoms with Crippen LogP contribution in [0.25, 0.3) is 22.0 Å². The van der Waals surface area contributed by atoms with Gasteiger partial charge in [0.15, 0.2) is 0 Å². The molecule has 0 saturated carbocycles. The topological polar surface area (TPSA) is 85.9 Å². The summed E-state index contributed by atoms with van der Waals surface area (Å²) < 4.78 is 54.7. The molecule has 5 nitrogen and oxygen atoms in total. The third-order valence-corrected chi connectivity index (χ3v) is 5.17. The molecule has 0 fully saturated rings. The Morgan fingerprint density at radius 1 is 1.07 bits per heavy atom. The molecule has 0 atom stereocenters. The quantitative estimate of drug-likeness (QED) is 0.339. The number of aromatic nitrogens is 2. The van der Waals surface area contributed by atoms with Crippen molar-refractivity contribution in [1.82, 2.24) is 9.97 Å². The number of hydrogen-bond donors (Lipinski definition) is 3. The minimum atomic E-state index is -4.80. The Morgan fingerprint density at radius 2 is 1.75 bits per heavy atom. The second-order valence-electron chi connectivity index (χ2n) is 5.89. The normalized spacial score (nSPS) is 11.9. The van der Waals surface area contributed by atoms with Crippen LogP contribution in [0.15, 0.2) is 44.8 Å². The van der Waals surface area contributed by atoms with Gasteiger partial charge in [0.25, 0.3) is 5.56 Å². The Bertz CT molecular complexity index is 1120. The first kappa shape index (κ1) is 20.2. The summed E-state index contributed by atoms with van der Waals surface area (Å²) in [6.45, 7) is -0.174. The molecule has 0 bridgehead atoms. The lowest BCUT2D eigenvalue weighted by Gasteiger charge is -2.19. The minimum Gasteiger partial charge on any atom is -0.396 e. The van der Waals surface area contributed by atoms with Crippen molar-refractivity contribution in [3.63, 3.8) is 0 Å². The molecule has 0 aliphatic carbocycles. The van der Waals surface area contributed by atoms with E-state index >= 15 is 0 Å². The molecule has 0 aliphatic heterocycles. The molecule has 3 N–H and O–H groups in total. The van der Waals surface area contributed by atoms with Gasteiger partial charge in [0.05, 0.1) is 16.5 Å². The zero-order valence-corrected chi connectivity index (χ0v) is 15.0. The fourth-order valence-electron chi connectivity index (χ4n) is 2.79. The number of rotatable bonds is 5. The van der Waals surface area contributed by atoms with Crippen molar-refractivity contribution in [2.45, 2.75) is 17.5 Å². The Hall–Kier alpha value is -2.59. The highest BCUT2D eigenvalue weighted by molar-refractivity contribution is 7.99. The van der Waals surface area contributed by atoms with Crippen molar-refractivity contribution < 1.29 is 22.7 Å². The predicted molar refractivity (Wildman–Crippen MR) is 98.0 cm³/mol. The van der Waals surface area contributed by atoms with Crippen LogP contribution >= 0.6 is 11.8 Å². The molecule has 0 spiro atoms. The summed E-state index contributed by atoms with van der Waals surface area (Å²) >= 11 is 0.971. The van der Waals surface area contributed by atoms with Gasteiger partial charge in [-0.2, -0.15) is 13.2 Å². The van der Waals surface area contributed by atoms with Crippen molar-refractivity contribution in [3.05, 3.63) is 62.6 Å². The number of fused-ring (bicyclic) bond motifs is 1. The number of nitrogens with one attached hydrogen (secondary N) is 2. The highest BCUT2D eigenvalue weighted by Gasteiger charge is 2.36. The highest BCUT2D eigenvalue weighted by atomic mass is 32.2. The van der Waals surface area contributed by atoms with Crippen LogP contribution in [-0.2, 0) is 6.18 Å². The number of aliphatic hydroxyl groups is 1. The van der Waals surface area contributed by atoms with Gasteiger partial charge >= 0.3 is 11.9 Å². The van der Waals surface area contributed by atoms with E-state index in [2.05, 4.69) is 4.98 Å². The van der Waals surface area contributed by atoms with Crippen LogP contribution in [0, 0.1) is 5.82 Å². The molecular weight excluding hydrogens is 400 g/mol. The number of halogens is 4. The van der Waals surface area contributed by atoms with Gasteiger partial charge in [0.1, 0.15) is 5.82 Å². The molecule has 0 amide bonds. The predicted octanol–water partition coefficient (Wildman–Crippen LogP) is 3.52. The average Bonchev–Trinajstić information content (AvgIpc) is 2.61. The van der Waals surface area contributed by atoms with Crippen LogP contribution in [0.5, 0.6) is 0 Å². The van der Waals surface area contributed by atoms with Crippen molar-refractivity contribution in [1.29, 1.82) is 0 Å². The lowest BCUT2D eigenvalue weighted by atomic mass is 9.97. The maximum absolute atomic E-state index is 13.8. The average molecular weight is 414 g/mol. The fraction of sp³-hybridized carbons (Fsp3) is 0.222. The third-order valence-electron chi connectivity index (χ3n) is 3.98. The van der Waals surface area contributed by atoms with Gasteiger partial charge in [-0.25, -0.2) is 9.18 Å². The van der Waals surface area contributed by atoms with Gasteiger partial charge in [-0.1, -0.05) is 12.1 Å². The van der Waals surface area contributed by atoms with E-state index in [0.717, 1.165) is 23.9 Å². The second kappa shape index (κ2) is 7.80. The molecule has 0 unspecified atom stereocenters. The SMILES string of the molecule is O=c1[nH]c(=O)c2cc(C(F)(F)F)c(-c3ccc(F)cc3)c(SCCCO)c2[nH]1. The van der Waals surface area contributed by atoms with Crippen LogP contribution in [0.2, 0.25) is 0 Å². The van der Waals surface area contributed by atoms with Crippen LogP contribution in [0.1, 0.15) is 12.0 Å². The zero-order valence-electron chi connectivity index (χ0n) is 14.2. The molecule has 0 saturated heterocycles. The summed E-state index contributed by atoms with van der Waals surface area (Å²) in [6, 6.07) is 5.14. The number of H-pyrrole nitrogens is 2. The smallest absolute Gasteiger partial charge is 0.396 e. The van der Waals surface area contributed by atoms with Crippen molar-refractivity contribution in [2.75, 3.05) is 12.4 Å². The first-order valence-electron chi connectivity index (χ1n) is 8.12. The Kier molecular flexibility index (Phi) is 5.61. The fourth-order valence-corrected chi connectivity index (χ4v) is 3.94. The van der Waals surface area contributed by atoms with E-state index in [4.69, 9.17) is 5.11 Å². The first-order chi connectivity index (χ1) is 13.2. The van der Waals surface area contributed by atoms with Gasteiger partial charge in [-0.05, 0) is 30.2 Å². The summed E-state index contributed by atoms with van der Waals surface area (Å²) in [4.78, 5) is 28.2. The summed E-state index contributed by atoms with van der Waals surface area (Å²) in [7, 11) is 0. The van der Waals surface area contributed by atoms with E-state index in [1.807, 2.05) is 4.98 Å². The standard InChI is InChI=1S/C18H14F4N2O3S/c19-10-4-2-9(3-5-10)13-12(18(20,21)22)8-11-14(15(13)28-7-1-6-25)23-17(27)24-16(11)26/h2-5,8,25H,1,6-7H2,(H2,23,24,26,27). The summed E-state index contributed by atoms with van der Waals surface area (Å²) in [5.74, 6) is -0.368. The van der Waals surface area contributed by atoms with E-state index < -0.39 is 28.8 Å². The molecule has 1 heterocycles. The maximum Gasteiger partial charge on any atom is 0.417 e. The Morgan fingerprint density at radius 3 is 2.36 bits per heavy atom. The monoisotopic (exact) mass is 414 g/mol. The van der Waals surface area contributed by atoms with E-state index in [-0.39, 0.29) is 39.3 Å². The molecular formula is C18H14F4N2O3S. The minimum absolute atomic E-state index is 0.0353. The van der Waals surface area contributed by atoms with E-state index in [0.29, 0.717) is 12.5 Å². The lowest BCUT2D eigenvalue weighted by Crippen LogP contribution is -2.23. The first-order valence-corrected chi connectivity index (χ1v) is 9.11. The van der Waals surface area contributed by atoms with Gasteiger partial charge in [0, 0.05) is 22.8 Å². The third kappa shape index (κ3) is 3.97. The molecule has 10 heteroatoms. The van der Waals surface area contributed by atoms with Crippen LogP contribution in [-0.4, -0.2) is 27.4 Å². The molecule has 1 aromatic heterocycles. The summed E-state index contributed by atoms with van der Waals surface area (Å²) in [6.07, 6.45) is -4.51. The van der Waals surface area contributed by atoms with Crippen LogP contribution in [0.3, 0.4) is 0 Å². The largest absolute Gasteiger partial charge is 0.417 e. The molecule has 3 aromatic rings. The van der Waals surface area contributed by atoms with Crippen molar-refractivity contribution in [3.8, 4) is 11.1 Å². The van der Waals surface area contributed by atoms with E-state index in [1.165, 1.54) is 12.1 Å². The van der Waals surface area contributed by atoms with Crippen molar-refractivity contribution >= 4 is 22.7 Å². The lowest BCUT2D eigenvalue weighted by molar-refractivity contribution is -0.137. The number of hydrogen-bond acceptors (Lipinski definition) is 4. The van der Waals surface area contributed by atoms with Gasteiger partial charge in [-0.3, -0.25) is 9.78 Å². The molecule has 0 radical (unpaired) electrons. The summed E-state index contributed by atoms with van der Waals surface area (Å²) in [5, 5.41) is 8.68. The van der Waals surface area contributed by atoms with E-state index in [9.17, 15) is 27.2 Å². The van der Waals surface area contributed by atoms with Gasteiger partial charge < -0.3 is 10.1 Å². The Balaban J connectivity index is 2.44. The molecule has 3 rings (SSSR count). The Labute approximate surface area is 159 Å². The molecule has 148 valence electrons. The number of thioether (sulfide) groups is 1. The highest BCUT2D eigenvalue weighted by Crippen LogP contribution is 2.45. The zero-order chi connectivity index (χ0) is 20.5. The molecule has 0 aliphatic rings. The second-order valence-corrected chi connectivity index (χ2v) is 6.99. The van der Waals surface area contributed by atoms with Gasteiger partial charge in [0.2, 0.25) is 0 Å². The molecule has 2 aromatic carbocycles. The number of aliphatic hydroxyl groups excluding tert-OH is 1. The number of benzene rings is 2. The number of aromatic amines is 2. The maximum atomic E-state index is 13.8. The van der Waals surface area contributed by atoms with Crippen LogP contribution in [0.4, 0.5) is 17.6 Å². The van der Waals surface area contributed by atoms with Crippen molar-refractivity contribution in [2.24, 2.45) is 0 Å². The summed E-state index contributed by atoms with van der Waals surface area (Å²) in [5.41, 5.74) is -3.09. The van der Waals surface area contributed by atoms with E-state index in [1.54, 1.807) is 0 Å². The number of alkyl halides is 3.